The molecular formula is C16H33NO. The van der Waals surface area contributed by atoms with Crippen molar-refractivity contribution in [2.75, 3.05) is 0 Å². The quantitative estimate of drug-likeness (QED) is 0.791. The highest BCUT2D eigenvalue weighted by atomic mass is 16.5. The Morgan fingerprint density at radius 2 is 1.61 bits per heavy atom. The predicted octanol–water partition coefficient (Wildman–Crippen LogP) is 4.28. The highest BCUT2D eigenvalue weighted by Gasteiger charge is 2.40. The van der Waals surface area contributed by atoms with Crippen LogP contribution in [-0.2, 0) is 4.74 Å². The van der Waals surface area contributed by atoms with E-state index in [1.54, 1.807) is 0 Å². The number of hydrogen-bond donors (Lipinski definition) is 1. The normalized spacial score (nSPS) is 26.8. The molecule has 2 heteroatoms. The van der Waals surface area contributed by atoms with Crippen LogP contribution in [0.4, 0.5) is 0 Å². The van der Waals surface area contributed by atoms with Crippen LogP contribution in [0, 0.1) is 0 Å². The summed E-state index contributed by atoms with van der Waals surface area (Å²) in [5.41, 5.74) is 0.406. The third-order valence-corrected chi connectivity index (χ3v) is 4.13. The molecule has 0 bridgehead atoms. The summed E-state index contributed by atoms with van der Waals surface area (Å²) >= 11 is 0. The smallest absolute Gasteiger partial charge is 0.0655 e. The van der Waals surface area contributed by atoms with E-state index in [1.165, 1.54) is 6.42 Å². The number of hydrogen-bond acceptors (Lipinski definition) is 2. The molecule has 0 aliphatic carbocycles. The van der Waals surface area contributed by atoms with Gasteiger partial charge in [0.05, 0.1) is 11.7 Å². The van der Waals surface area contributed by atoms with Crippen LogP contribution in [0.5, 0.6) is 0 Å². The molecule has 1 aliphatic heterocycles. The van der Waals surface area contributed by atoms with Crippen LogP contribution in [0.1, 0.15) is 80.6 Å². The summed E-state index contributed by atoms with van der Waals surface area (Å²) in [5.74, 6) is 0. The van der Waals surface area contributed by atoms with Gasteiger partial charge >= 0.3 is 0 Å². The van der Waals surface area contributed by atoms with Crippen molar-refractivity contribution in [3.63, 3.8) is 0 Å². The second-order valence-corrected chi connectivity index (χ2v) is 7.59. The molecule has 1 atom stereocenters. The van der Waals surface area contributed by atoms with Crippen LogP contribution < -0.4 is 5.32 Å². The van der Waals surface area contributed by atoms with Crippen LogP contribution in [-0.4, -0.2) is 22.8 Å². The molecule has 0 aromatic carbocycles. The van der Waals surface area contributed by atoms with E-state index in [-0.39, 0.29) is 16.7 Å². The van der Waals surface area contributed by atoms with Gasteiger partial charge in [-0.3, -0.25) is 0 Å². The molecule has 0 amide bonds. The van der Waals surface area contributed by atoms with Crippen molar-refractivity contribution in [2.24, 2.45) is 0 Å². The molecular weight excluding hydrogens is 222 g/mol. The standard InChI is InChI=1S/C16H33NO/c1-8-10-16(7,9-2)18-13-11-14(3,4)17-15(5,6)12-13/h13,17H,8-12H2,1-7H3. The summed E-state index contributed by atoms with van der Waals surface area (Å²) in [6.07, 6.45) is 6.06. The Balaban J connectivity index is 2.71. The second kappa shape index (κ2) is 5.50. The molecule has 1 rings (SSSR count). The van der Waals surface area contributed by atoms with E-state index in [1.807, 2.05) is 0 Å². The fourth-order valence-corrected chi connectivity index (χ4v) is 3.56. The van der Waals surface area contributed by atoms with E-state index in [9.17, 15) is 0 Å². The van der Waals surface area contributed by atoms with Gasteiger partial charge in [-0.15, -0.1) is 0 Å². The fourth-order valence-electron chi connectivity index (χ4n) is 3.56. The molecule has 18 heavy (non-hydrogen) atoms. The maximum Gasteiger partial charge on any atom is 0.0655 e. The number of piperidine rings is 1. The van der Waals surface area contributed by atoms with Gasteiger partial charge in [-0.2, -0.15) is 0 Å². The Labute approximate surface area is 114 Å². The van der Waals surface area contributed by atoms with E-state index in [2.05, 4.69) is 53.8 Å². The predicted molar refractivity (Wildman–Crippen MR) is 79.0 cm³/mol. The Morgan fingerprint density at radius 1 is 1.11 bits per heavy atom. The van der Waals surface area contributed by atoms with Crippen molar-refractivity contribution in [2.45, 2.75) is 103 Å². The largest absolute Gasteiger partial charge is 0.372 e. The number of nitrogens with one attached hydrogen (secondary N) is 1. The first-order valence-corrected chi connectivity index (χ1v) is 7.58. The van der Waals surface area contributed by atoms with E-state index >= 15 is 0 Å². The van der Waals surface area contributed by atoms with E-state index in [4.69, 9.17) is 4.74 Å². The van der Waals surface area contributed by atoms with Gasteiger partial charge in [0.25, 0.3) is 0 Å². The van der Waals surface area contributed by atoms with Gasteiger partial charge in [-0.1, -0.05) is 20.3 Å². The molecule has 0 aromatic heterocycles. The molecule has 1 N–H and O–H groups in total. The summed E-state index contributed by atoms with van der Waals surface area (Å²) in [6, 6.07) is 0. The Morgan fingerprint density at radius 3 is 2.00 bits per heavy atom. The van der Waals surface area contributed by atoms with Gasteiger partial charge in [0.1, 0.15) is 0 Å². The SMILES string of the molecule is CCCC(C)(CC)OC1CC(C)(C)NC(C)(C)C1. The molecule has 2 nitrogen and oxygen atoms in total. The third kappa shape index (κ3) is 4.55. The van der Waals surface area contributed by atoms with Crippen LogP contribution in [0.3, 0.4) is 0 Å². The fraction of sp³-hybridized carbons (Fsp3) is 1.00. The van der Waals surface area contributed by atoms with Gasteiger partial charge in [0.2, 0.25) is 0 Å². The Hall–Kier alpha value is -0.0800. The van der Waals surface area contributed by atoms with Crippen molar-refractivity contribution in [3.8, 4) is 0 Å². The van der Waals surface area contributed by atoms with Crippen LogP contribution >= 0.6 is 0 Å². The minimum absolute atomic E-state index is 0.0584. The topological polar surface area (TPSA) is 21.3 Å². The zero-order valence-corrected chi connectivity index (χ0v) is 13.5. The van der Waals surface area contributed by atoms with Gasteiger partial charge in [0, 0.05) is 11.1 Å². The first-order chi connectivity index (χ1) is 8.11. The average Bonchev–Trinajstić information content (AvgIpc) is 2.12. The minimum atomic E-state index is 0.0584. The van der Waals surface area contributed by atoms with Crippen LogP contribution in [0.2, 0.25) is 0 Å². The average molecular weight is 255 g/mol. The second-order valence-electron chi connectivity index (χ2n) is 7.59. The van der Waals surface area contributed by atoms with Crippen molar-refractivity contribution in [1.29, 1.82) is 0 Å². The molecule has 108 valence electrons. The van der Waals surface area contributed by atoms with E-state index in [0.29, 0.717) is 6.10 Å². The van der Waals surface area contributed by atoms with Crippen LogP contribution in [0.25, 0.3) is 0 Å². The monoisotopic (exact) mass is 255 g/mol. The molecule has 0 saturated carbocycles. The maximum atomic E-state index is 6.50. The van der Waals surface area contributed by atoms with Gasteiger partial charge < -0.3 is 10.1 Å². The van der Waals surface area contributed by atoms with Crippen molar-refractivity contribution in [3.05, 3.63) is 0 Å². The molecule has 0 spiro atoms. The van der Waals surface area contributed by atoms with Gasteiger partial charge in [-0.05, 0) is 60.3 Å². The third-order valence-electron chi connectivity index (χ3n) is 4.13. The lowest BCUT2D eigenvalue weighted by Gasteiger charge is -2.48. The molecule has 0 aromatic rings. The van der Waals surface area contributed by atoms with Gasteiger partial charge in [0.15, 0.2) is 0 Å². The highest BCUT2D eigenvalue weighted by Crippen LogP contribution is 2.34. The first-order valence-electron chi connectivity index (χ1n) is 7.58. The maximum absolute atomic E-state index is 6.50. The van der Waals surface area contributed by atoms with E-state index < -0.39 is 0 Å². The summed E-state index contributed by atoms with van der Waals surface area (Å²) in [4.78, 5) is 0. The number of rotatable bonds is 5. The Bertz CT molecular complexity index is 256. The lowest BCUT2D eigenvalue weighted by Crippen LogP contribution is -2.60. The molecule has 1 fully saturated rings. The zero-order chi connectivity index (χ0) is 14.0. The molecule has 1 aliphatic rings. The summed E-state index contributed by atoms with van der Waals surface area (Å²) in [5, 5.41) is 3.72. The summed E-state index contributed by atoms with van der Waals surface area (Å²) in [7, 11) is 0. The molecule has 1 heterocycles. The van der Waals surface area contributed by atoms with Gasteiger partial charge in [-0.25, -0.2) is 0 Å². The van der Waals surface area contributed by atoms with Crippen molar-refractivity contribution < 1.29 is 4.74 Å². The number of ether oxygens (including phenoxy) is 1. The minimum Gasteiger partial charge on any atom is -0.372 e. The van der Waals surface area contributed by atoms with Crippen molar-refractivity contribution >= 4 is 0 Å². The van der Waals surface area contributed by atoms with Crippen molar-refractivity contribution in [1.82, 2.24) is 5.32 Å². The highest BCUT2D eigenvalue weighted by molar-refractivity contribution is 4.98. The van der Waals surface area contributed by atoms with Crippen LogP contribution in [0.15, 0.2) is 0 Å². The van der Waals surface area contributed by atoms with E-state index in [0.717, 1.165) is 25.7 Å². The molecule has 0 radical (unpaired) electrons. The molecule has 1 saturated heterocycles. The first kappa shape index (κ1) is 16.0. The molecule has 1 unspecified atom stereocenters. The lowest BCUT2D eigenvalue weighted by molar-refractivity contribution is -0.122. The summed E-state index contributed by atoms with van der Waals surface area (Å²) in [6.45, 7) is 15.9. The lowest BCUT2D eigenvalue weighted by atomic mass is 9.80. The Kier molecular flexibility index (Phi) is 4.88. The zero-order valence-electron chi connectivity index (χ0n) is 13.5. The summed E-state index contributed by atoms with van der Waals surface area (Å²) < 4.78 is 6.50.